The van der Waals surface area contributed by atoms with Gasteiger partial charge < -0.3 is 0 Å². The number of alkyl halides is 23. The third-order valence-corrected chi connectivity index (χ3v) is 4.92. The molecular formula is C15H7F23. The number of hydrogen-bond acceptors (Lipinski definition) is 0. The Morgan fingerprint density at radius 1 is 0.395 bits per heavy atom. The van der Waals surface area contributed by atoms with E-state index in [2.05, 4.69) is 6.58 Å². The molecule has 0 rings (SSSR count). The molecule has 23 heteroatoms. The van der Waals surface area contributed by atoms with E-state index in [-0.39, 0.29) is 6.92 Å². The van der Waals surface area contributed by atoms with Crippen LogP contribution in [0.15, 0.2) is 12.7 Å². The van der Waals surface area contributed by atoms with E-state index in [9.17, 15) is 101 Å². The maximum Gasteiger partial charge on any atom is 0.438 e. The SMILES string of the molecule is C=CC(C)C(F)(F)C(F)(F)C(F)(F)C(F)(F)C(F)(F)C(F)(F)C(F)(F)C(F)(F)C(F)(C(F)(F)F)C(F)(F)F. The minimum absolute atomic E-state index is 0.272. The predicted molar refractivity (Wildman–Crippen MR) is 74.9 cm³/mol. The van der Waals surface area contributed by atoms with Gasteiger partial charge >= 0.3 is 65.4 Å². The highest BCUT2D eigenvalue weighted by atomic mass is 19.4. The summed E-state index contributed by atoms with van der Waals surface area (Å²) in [6.45, 7) is 2.01. The Bertz CT molecular complexity index is 856. The molecule has 1 atom stereocenters. The molecule has 0 fully saturated rings. The topological polar surface area (TPSA) is 0 Å². The van der Waals surface area contributed by atoms with Crippen LogP contribution in [0, 0.1) is 5.92 Å². The second-order valence-electron chi connectivity index (χ2n) is 7.32. The van der Waals surface area contributed by atoms with Crippen molar-refractivity contribution in [1.29, 1.82) is 0 Å². The summed E-state index contributed by atoms with van der Waals surface area (Å²) in [6.07, 6.45) is -17.5. The first-order chi connectivity index (χ1) is 16.0. The van der Waals surface area contributed by atoms with Crippen LogP contribution in [0.25, 0.3) is 0 Å². The number of rotatable bonds is 10. The summed E-state index contributed by atoms with van der Waals surface area (Å²) in [5.41, 5.74) is -9.01. The lowest BCUT2D eigenvalue weighted by Gasteiger charge is -2.46. The van der Waals surface area contributed by atoms with Gasteiger partial charge in [-0.05, 0) is 0 Å². The van der Waals surface area contributed by atoms with Gasteiger partial charge in [-0.25, -0.2) is 4.39 Å². The molecule has 0 aliphatic heterocycles. The standard InChI is InChI=1S/C15H7F23/c1-3-4(2)5(16,17)7(19,20)9(23,24)11(27,28)13(31,32)12(29,30)10(25,26)8(21,22)6(18,14(33,34)35)15(36,37)38/h3-4H,1H2,2H3. The van der Waals surface area contributed by atoms with E-state index in [1.165, 1.54) is 0 Å². The van der Waals surface area contributed by atoms with Crippen molar-refractivity contribution in [2.75, 3.05) is 0 Å². The summed E-state index contributed by atoms with van der Waals surface area (Å²) in [4.78, 5) is 0. The number of allylic oxidation sites excluding steroid dienone is 1. The largest absolute Gasteiger partial charge is 0.438 e. The van der Waals surface area contributed by atoms with Gasteiger partial charge in [0.15, 0.2) is 0 Å². The maximum absolute atomic E-state index is 13.6. The maximum atomic E-state index is 13.6. The van der Waals surface area contributed by atoms with Crippen LogP contribution in [-0.4, -0.2) is 65.4 Å². The molecule has 0 aromatic heterocycles. The van der Waals surface area contributed by atoms with Gasteiger partial charge in [-0.3, -0.25) is 0 Å². The van der Waals surface area contributed by atoms with Gasteiger partial charge in [0.05, 0.1) is 0 Å². The second kappa shape index (κ2) is 8.82. The number of hydrogen-bond donors (Lipinski definition) is 0. The first-order valence-corrected chi connectivity index (χ1v) is 8.45. The zero-order valence-corrected chi connectivity index (χ0v) is 17.1. The van der Waals surface area contributed by atoms with Crippen molar-refractivity contribution < 1.29 is 101 Å². The summed E-state index contributed by atoms with van der Waals surface area (Å²) in [5.74, 6) is -73.7. The van der Waals surface area contributed by atoms with Gasteiger partial charge in [-0.15, -0.1) is 6.58 Å². The van der Waals surface area contributed by atoms with Gasteiger partial charge in [0, 0.05) is 5.92 Å². The molecule has 0 aliphatic carbocycles. The average Bonchev–Trinajstić information content (AvgIpc) is 2.69. The second-order valence-corrected chi connectivity index (χ2v) is 7.32. The van der Waals surface area contributed by atoms with E-state index in [1.807, 2.05) is 0 Å². The van der Waals surface area contributed by atoms with E-state index < -0.39 is 77.4 Å². The molecule has 0 aliphatic rings. The molecule has 0 amide bonds. The Hall–Kier alpha value is -1.87. The predicted octanol–water partition coefficient (Wildman–Crippen LogP) is 8.72. The molecule has 0 heterocycles. The summed E-state index contributed by atoms with van der Waals surface area (Å²) in [6, 6.07) is 0. The highest BCUT2D eigenvalue weighted by Crippen LogP contribution is 2.68. The molecule has 0 N–H and O–H groups in total. The minimum atomic E-state index is -9.45. The van der Waals surface area contributed by atoms with Crippen LogP contribution < -0.4 is 0 Å². The Kier molecular flexibility index (Phi) is 8.38. The molecule has 0 bridgehead atoms. The molecule has 1 unspecified atom stereocenters. The molecule has 0 nitrogen and oxygen atoms in total. The van der Waals surface area contributed by atoms with E-state index in [1.54, 1.807) is 0 Å². The molecule has 38 heavy (non-hydrogen) atoms. The molecular weight excluding hydrogens is 617 g/mol. The van der Waals surface area contributed by atoms with Crippen LogP contribution in [0.5, 0.6) is 0 Å². The Morgan fingerprint density at radius 3 is 0.816 bits per heavy atom. The highest BCUT2D eigenvalue weighted by Gasteiger charge is 3.00. The summed E-state index contributed by atoms with van der Waals surface area (Å²) < 4.78 is 304. The lowest BCUT2D eigenvalue weighted by molar-refractivity contribution is -0.481. The lowest BCUT2D eigenvalue weighted by atomic mass is 9.81. The fourth-order valence-electron chi connectivity index (χ4n) is 2.36. The highest BCUT2D eigenvalue weighted by molar-refractivity contribution is 5.21. The molecule has 0 aromatic carbocycles. The Morgan fingerprint density at radius 2 is 0.605 bits per heavy atom. The van der Waals surface area contributed by atoms with E-state index in [0.29, 0.717) is 0 Å². The third-order valence-electron chi connectivity index (χ3n) is 4.92. The number of halogens is 23. The Balaban J connectivity index is 7.41. The van der Waals surface area contributed by atoms with Gasteiger partial charge in [-0.1, -0.05) is 13.0 Å². The summed E-state index contributed by atoms with van der Waals surface area (Å²) >= 11 is 0. The third kappa shape index (κ3) is 4.05. The molecule has 0 radical (unpaired) electrons. The van der Waals surface area contributed by atoms with Crippen molar-refractivity contribution in [3.05, 3.63) is 12.7 Å². The molecule has 228 valence electrons. The zero-order valence-electron chi connectivity index (χ0n) is 17.1. The Labute approximate surface area is 193 Å². The lowest BCUT2D eigenvalue weighted by Crippen LogP contribution is -2.79. The molecule has 0 aromatic rings. The fourth-order valence-corrected chi connectivity index (χ4v) is 2.36. The van der Waals surface area contributed by atoms with Gasteiger partial charge in [0.2, 0.25) is 0 Å². The van der Waals surface area contributed by atoms with E-state index in [0.717, 1.165) is 0 Å². The minimum Gasteiger partial charge on any atom is -0.216 e. The van der Waals surface area contributed by atoms with Crippen molar-refractivity contribution in [3.63, 3.8) is 0 Å². The first-order valence-electron chi connectivity index (χ1n) is 8.45. The smallest absolute Gasteiger partial charge is 0.216 e. The van der Waals surface area contributed by atoms with E-state index >= 15 is 0 Å². The van der Waals surface area contributed by atoms with Gasteiger partial charge in [-0.2, -0.15) is 96.6 Å². The van der Waals surface area contributed by atoms with Crippen LogP contribution in [0.1, 0.15) is 6.92 Å². The summed E-state index contributed by atoms with van der Waals surface area (Å²) in [7, 11) is 0. The normalized spacial score (nSPS) is 17.5. The van der Waals surface area contributed by atoms with Crippen LogP contribution in [0.2, 0.25) is 0 Å². The molecule has 0 saturated heterocycles. The van der Waals surface area contributed by atoms with Gasteiger partial charge in [0.1, 0.15) is 0 Å². The average molecular weight is 624 g/mol. The van der Waals surface area contributed by atoms with Crippen molar-refractivity contribution >= 4 is 0 Å². The van der Waals surface area contributed by atoms with Crippen LogP contribution in [0.3, 0.4) is 0 Å². The van der Waals surface area contributed by atoms with Crippen LogP contribution in [-0.2, 0) is 0 Å². The summed E-state index contributed by atoms with van der Waals surface area (Å²) in [5, 5.41) is 0. The van der Waals surface area contributed by atoms with E-state index in [4.69, 9.17) is 0 Å². The van der Waals surface area contributed by atoms with Crippen LogP contribution >= 0.6 is 0 Å². The fraction of sp³-hybridized carbons (Fsp3) is 0.867. The first kappa shape index (κ1) is 36.1. The van der Waals surface area contributed by atoms with Gasteiger partial charge in [0.25, 0.3) is 0 Å². The van der Waals surface area contributed by atoms with Crippen molar-refractivity contribution in [2.45, 2.75) is 72.3 Å². The quantitative estimate of drug-likeness (QED) is 0.169. The monoisotopic (exact) mass is 624 g/mol. The zero-order chi connectivity index (χ0) is 31.8. The van der Waals surface area contributed by atoms with Crippen molar-refractivity contribution in [1.82, 2.24) is 0 Å². The van der Waals surface area contributed by atoms with Crippen LogP contribution in [0.4, 0.5) is 101 Å². The van der Waals surface area contributed by atoms with Crippen molar-refractivity contribution in [2.24, 2.45) is 5.92 Å². The van der Waals surface area contributed by atoms with Crippen molar-refractivity contribution in [3.8, 4) is 0 Å². The molecule has 0 saturated carbocycles. The molecule has 0 spiro atoms.